The van der Waals surface area contributed by atoms with Gasteiger partial charge in [-0.15, -0.1) is 0 Å². The number of aliphatic hydroxyl groups is 9. The van der Waals surface area contributed by atoms with Crippen LogP contribution in [0, 0.1) is 40.4 Å². The van der Waals surface area contributed by atoms with Crippen LogP contribution in [0.3, 0.4) is 0 Å². The van der Waals surface area contributed by atoms with Gasteiger partial charge in [-0.3, -0.25) is 0 Å². The van der Waals surface area contributed by atoms with Crippen LogP contribution in [0.4, 0.5) is 0 Å². The van der Waals surface area contributed by atoms with Gasteiger partial charge in [0, 0.05) is 12.3 Å². The van der Waals surface area contributed by atoms with Crippen molar-refractivity contribution in [2.24, 2.45) is 40.4 Å². The zero-order chi connectivity index (χ0) is 44.4. The van der Waals surface area contributed by atoms with Crippen molar-refractivity contribution in [1.82, 2.24) is 0 Å². The molecule has 9 rings (SSSR count). The van der Waals surface area contributed by atoms with E-state index in [1.165, 1.54) is 19.4 Å². The summed E-state index contributed by atoms with van der Waals surface area (Å²) in [5.41, 5.74) is 0.835. The lowest BCUT2D eigenvalue weighted by Gasteiger charge is -2.58. The summed E-state index contributed by atoms with van der Waals surface area (Å²) in [5.74, 6) is 1.52. The Labute approximate surface area is 363 Å². The van der Waals surface area contributed by atoms with Crippen LogP contribution in [0.1, 0.15) is 99.3 Å². The van der Waals surface area contributed by atoms with Crippen molar-refractivity contribution >= 4 is 0 Å². The molecule has 0 aromatic rings. The summed E-state index contributed by atoms with van der Waals surface area (Å²) < 4.78 is 50.1. The van der Waals surface area contributed by atoms with E-state index in [4.69, 9.17) is 37.9 Å². The third-order valence-corrected chi connectivity index (χ3v) is 17.8. The Morgan fingerprint density at radius 2 is 1.32 bits per heavy atom. The van der Waals surface area contributed by atoms with Gasteiger partial charge in [-0.1, -0.05) is 32.4 Å². The molecule has 1 spiro atoms. The van der Waals surface area contributed by atoms with Crippen molar-refractivity contribution in [1.29, 1.82) is 0 Å². The van der Waals surface area contributed by atoms with Gasteiger partial charge in [-0.2, -0.15) is 0 Å². The van der Waals surface area contributed by atoms with Crippen LogP contribution in [0.25, 0.3) is 0 Å². The molecule has 0 amide bonds. The number of aliphatic hydroxyl groups excluding tert-OH is 9. The number of allylic oxidation sites excluding steroid dienone is 1. The smallest absolute Gasteiger partial charge is 0.187 e. The SMILES string of the molecule is C[C@@H]1O[C@@H](O[C@H]2[C@H](O[C@H]3CC[C@@]4(C)C(=CC[C@H]5[C@@H]6C[C@@H]7O[C@]8(CC[C@@](C)(CO)O8)[C@@H](C)[C@@H]7[C@@]6(C)CC[C@@H]54)C3)O[C@H](CO)[C@@H](O[C@@H]3O[C@@H](C)[C@H](O)[C@@H](O)[C@H]3O)[C@@H]2O)[C@H](O)[C@H](O)[C@H]1O. The molecule has 9 aliphatic rings. The molecule has 5 aliphatic heterocycles. The molecule has 0 aromatic carbocycles. The summed E-state index contributed by atoms with van der Waals surface area (Å²) in [7, 11) is 0. The van der Waals surface area contributed by atoms with Crippen LogP contribution in [0.5, 0.6) is 0 Å². The first-order valence-corrected chi connectivity index (χ1v) is 23.3. The van der Waals surface area contributed by atoms with E-state index >= 15 is 0 Å². The van der Waals surface area contributed by atoms with Crippen LogP contribution in [-0.4, -0.2) is 175 Å². The highest BCUT2D eigenvalue weighted by Gasteiger charge is 2.70. The molecule has 354 valence electrons. The number of hydrogen-bond donors (Lipinski definition) is 9. The van der Waals surface area contributed by atoms with E-state index in [0.29, 0.717) is 36.5 Å². The summed E-state index contributed by atoms with van der Waals surface area (Å²) in [5, 5.41) is 96.0. The molecule has 26 atom stereocenters. The summed E-state index contributed by atoms with van der Waals surface area (Å²) >= 11 is 0. The summed E-state index contributed by atoms with van der Waals surface area (Å²) in [6.45, 7) is 11.5. The minimum Gasteiger partial charge on any atom is -0.394 e. The molecule has 9 N–H and O–H groups in total. The van der Waals surface area contributed by atoms with Gasteiger partial charge >= 0.3 is 0 Å². The van der Waals surface area contributed by atoms with Crippen LogP contribution in [0.2, 0.25) is 0 Å². The maximum Gasteiger partial charge on any atom is 0.187 e. The fourth-order valence-corrected chi connectivity index (χ4v) is 14.1. The number of rotatable bonds is 8. The molecule has 0 aromatic heterocycles. The van der Waals surface area contributed by atoms with E-state index in [1.807, 2.05) is 6.92 Å². The molecule has 62 heavy (non-hydrogen) atoms. The van der Waals surface area contributed by atoms with E-state index in [9.17, 15) is 46.0 Å². The number of hydrogen-bond acceptors (Lipinski definition) is 17. The Morgan fingerprint density at radius 1 is 0.677 bits per heavy atom. The van der Waals surface area contributed by atoms with Crippen LogP contribution < -0.4 is 0 Å². The zero-order valence-electron chi connectivity index (χ0n) is 36.8. The molecule has 17 heteroatoms. The maximum atomic E-state index is 12.0. The van der Waals surface area contributed by atoms with E-state index in [0.717, 1.165) is 44.9 Å². The van der Waals surface area contributed by atoms with Gasteiger partial charge in [0.15, 0.2) is 24.7 Å². The molecule has 8 fully saturated rings. The van der Waals surface area contributed by atoms with Crippen LogP contribution in [-0.2, 0) is 37.9 Å². The first-order chi connectivity index (χ1) is 29.3. The predicted molar refractivity (Wildman–Crippen MR) is 214 cm³/mol. The van der Waals surface area contributed by atoms with E-state index in [1.54, 1.807) is 0 Å². The molecule has 0 radical (unpaired) electrons. The zero-order valence-corrected chi connectivity index (χ0v) is 36.8. The lowest BCUT2D eigenvalue weighted by atomic mass is 9.47. The van der Waals surface area contributed by atoms with E-state index in [2.05, 4.69) is 26.8 Å². The summed E-state index contributed by atoms with van der Waals surface area (Å²) in [6, 6.07) is 0. The van der Waals surface area contributed by atoms with Crippen molar-refractivity contribution in [2.75, 3.05) is 13.2 Å². The molecule has 17 nitrogen and oxygen atoms in total. The minimum atomic E-state index is -1.72. The largest absolute Gasteiger partial charge is 0.394 e. The highest BCUT2D eigenvalue weighted by molar-refractivity contribution is 5.26. The standard InChI is InChI=1S/C45H72O17/c1-19-29-27(61-45(19)14-13-42(4,18-47)62-45)16-26-24-8-7-22-15-23(9-11-43(22,5)25(24)10-12-44(26,29)6)57-41-38(60-40-35(53)33(51)31(49)21(3)56-40)36(54)37(28(17-46)58-41)59-39-34(52)32(50)30(48)20(2)55-39/h7,19-21,23-41,46-54H,8-18H2,1-6H3/t19-,20-,21-,23-,24+,25-,26-,27-,28+,29-,30-,31-,32+,33+,34+,35+,36-,37+,38+,39-,40-,41+,42-,43-,44-,45-/m0/s1. The predicted octanol–water partition coefficient (Wildman–Crippen LogP) is 0.357. The number of fused-ring (bicyclic) bond motifs is 7. The quantitative estimate of drug-likeness (QED) is 0.149. The Bertz CT molecular complexity index is 1650. The van der Waals surface area contributed by atoms with Crippen molar-refractivity contribution in [3.8, 4) is 0 Å². The average molecular weight is 885 g/mol. The monoisotopic (exact) mass is 884 g/mol. The van der Waals surface area contributed by atoms with Crippen molar-refractivity contribution < 1.29 is 83.9 Å². The Balaban J connectivity index is 0.916. The second kappa shape index (κ2) is 16.7. The second-order valence-electron chi connectivity index (χ2n) is 21.3. The highest BCUT2D eigenvalue weighted by atomic mass is 16.8. The Morgan fingerprint density at radius 3 is 1.94 bits per heavy atom. The van der Waals surface area contributed by atoms with Crippen molar-refractivity contribution in [2.45, 2.75) is 215 Å². The molecule has 0 bridgehead atoms. The van der Waals surface area contributed by atoms with Gasteiger partial charge < -0.3 is 83.9 Å². The first-order valence-electron chi connectivity index (χ1n) is 23.3. The fraction of sp³-hybridized carbons (Fsp3) is 0.956. The van der Waals surface area contributed by atoms with Crippen molar-refractivity contribution in [3.05, 3.63) is 11.6 Å². The van der Waals surface area contributed by atoms with E-state index in [-0.39, 0.29) is 35.6 Å². The van der Waals surface area contributed by atoms with Gasteiger partial charge in [-0.05, 0) is 107 Å². The average Bonchev–Trinajstić information content (AvgIpc) is 3.85. The molecule has 5 saturated heterocycles. The minimum absolute atomic E-state index is 0.0118. The summed E-state index contributed by atoms with van der Waals surface area (Å²) in [4.78, 5) is 0. The molecule has 5 heterocycles. The van der Waals surface area contributed by atoms with E-state index < -0.39 is 110 Å². The molecule has 0 unspecified atom stereocenters. The molecular weight excluding hydrogens is 812 g/mol. The molecular formula is C45H72O17. The fourth-order valence-electron chi connectivity index (χ4n) is 14.1. The highest BCUT2D eigenvalue weighted by Crippen LogP contribution is 2.71. The second-order valence-corrected chi connectivity index (χ2v) is 21.3. The van der Waals surface area contributed by atoms with Crippen LogP contribution in [0.15, 0.2) is 11.6 Å². The van der Waals surface area contributed by atoms with Gasteiger partial charge in [0.2, 0.25) is 0 Å². The van der Waals surface area contributed by atoms with Crippen LogP contribution >= 0.6 is 0 Å². The summed E-state index contributed by atoms with van der Waals surface area (Å²) in [6.07, 6.45) is -11.5. The Hall–Kier alpha value is -0.940. The lowest BCUT2D eigenvalue weighted by Crippen LogP contribution is -2.66. The van der Waals surface area contributed by atoms with Gasteiger partial charge in [0.05, 0.1) is 43.2 Å². The third-order valence-electron chi connectivity index (χ3n) is 17.8. The lowest BCUT2D eigenvalue weighted by molar-refractivity contribution is -0.388. The van der Waals surface area contributed by atoms with Gasteiger partial charge in [0.25, 0.3) is 0 Å². The Kier molecular flexibility index (Phi) is 12.4. The molecule has 3 saturated carbocycles. The topological polar surface area (TPSA) is 256 Å². The first kappa shape index (κ1) is 46.2. The number of ether oxygens (including phenoxy) is 8. The molecule has 4 aliphatic carbocycles. The van der Waals surface area contributed by atoms with Gasteiger partial charge in [0.1, 0.15) is 61.0 Å². The van der Waals surface area contributed by atoms with Crippen molar-refractivity contribution in [3.63, 3.8) is 0 Å². The van der Waals surface area contributed by atoms with Gasteiger partial charge in [-0.25, -0.2) is 0 Å². The maximum absolute atomic E-state index is 12.0. The normalized spacial score (nSPS) is 58.7. The third kappa shape index (κ3) is 7.31.